The largest absolute Gasteiger partial charge is 0.480 e. The number of hydrogen-bond acceptors (Lipinski definition) is 6. The van der Waals surface area contributed by atoms with Gasteiger partial charge < -0.3 is 19.9 Å². The Bertz CT molecular complexity index is 811. The van der Waals surface area contributed by atoms with Crippen molar-refractivity contribution < 1.29 is 33.0 Å². The third-order valence-electron chi connectivity index (χ3n) is 3.37. The number of carboxylic acids is 1. The molecule has 0 radical (unpaired) electrons. The quantitative estimate of drug-likeness (QED) is 0.810. The van der Waals surface area contributed by atoms with Crippen LogP contribution in [0.3, 0.4) is 0 Å². The van der Waals surface area contributed by atoms with E-state index >= 15 is 0 Å². The Hall–Kier alpha value is -2.75. The minimum Gasteiger partial charge on any atom is -0.480 e. The van der Waals surface area contributed by atoms with Crippen molar-refractivity contribution >= 4 is 23.2 Å². The maximum atomic E-state index is 12.4. The monoisotopic (exact) mass is 370 g/mol. The van der Waals surface area contributed by atoms with Crippen LogP contribution in [-0.2, 0) is 4.79 Å². The fourth-order valence-electron chi connectivity index (χ4n) is 2.17. The number of fused-ring (bicyclic) bond motifs is 1. The maximum absolute atomic E-state index is 12.4. The lowest BCUT2D eigenvalue weighted by Gasteiger charge is -2.12. The number of alkyl halides is 2. The summed E-state index contributed by atoms with van der Waals surface area (Å²) < 4.78 is 35.2. The minimum atomic E-state index is -2.85. The molecule has 132 valence electrons. The summed E-state index contributed by atoms with van der Waals surface area (Å²) in [4.78, 5) is 27.1. The number of thiazole rings is 1. The van der Waals surface area contributed by atoms with Gasteiger partial charge in [0, 0.05) is 17.4 Å². The van der Waals surface area contributed by atoms with Crippen molar-refractivity contribution in [2.45, 2.75) is 18.9 Å². The molecule has 2 aromatic rings. The molecule has 7 nitrogen and oxygen atoms in total. The number of amides is 1. The summed E-state index contributed by atoms with van der Waals surface area (Å²) in [5.74, 6) is -1.19. The predicted molar refractivity (Wildman–Crippen MR) is 83.2 cm³/mol. The van der Waals surface area contributed by atoms with Gasteiger partial charge in [-0.15, -0.1) is 11.3 Å². The summed E-state index contributed by atoms with van der Waals surface area (Å²) in [6, 6.07) is 3.48. The van der Waals surface area contributed by atoms with Crippen LogP contribution in [0.2, 0.25) is 0 Å². The second-order valence-electron chi connectivity index (χ2n) is 5.10. The zero-order valence-corrected chi connectivity index (χ0v) is 13.4. The number of aliphatic carboxylic acids is 1. The maximum Gasteiger partial charge on any atom is 0.326 e. The lowest BCUT2D eigenvalue weighted by atomic mass is 10.2. The molecule has 0 bridgehead atoms. The molecule has 1 aromatic carbocycles. The highest BCUT2D eigenvalue weighted by atomic mass is 32.1. The SMILES string of the molecule is O=C(NC(CC(F)F)C(=O)O)c1csc(-c2ccc3c(c2)OCO3)n1. The van der Waals surface area contributed by atoms with Gasteiger partial charge in [0.1, 0.15) is 16.7 Å². The fourth-order valence-corrected chi connectivity index (χ4v) is 2.97. The highest BCUT2D eigenvalue weighted by molar-refractivity contribution is 7.13. The molecule has 1 aliphatic rings. The summed E-state index contributed by atoms with van der Waals surface area (Å²) >= 11 is 1.16. The normalized spacial score (nSPS) is 13.7. The Morgan fingerprint density at radius 2 is 2.08 bits per heavy atom. The number of carbonyl (C=O) groups is 2. The van der Waals surface area contributed by atoms with Gasteiger partial charge in [-0.2, -0.15) is 0 Å². The molecule has 0 fully saturated rings. The van der Waals surface area contributed by atoms with Crippen molar-refractivity contribution in [3.8, 4) is 22.1 Å². The van der Waals surface area contributed by atoms with Gasteiger partial charge >= 0.3 is 5.97 Å². The van der Waals surface area contributed by atoms with Crippen molar-refractivity contribution in [1.29, 1.82) is 0 Å². The van der Waals surface area contributed by atoms with Gasteiger partial charge in [-0.05, 0) is 18.2 Å². The van der Waals surface area contributed by atoms with E-state index in [1.165, 1.54) is 5.38 Å². The Balaban J connectivity index is 1.74. The molecule has 1 aromatic heterocycles. The van der Waals surface area contributed by atoms with Crippen LogP contribution in [-0.4, -0.2) is 41.2 Å². The number of halogens is 2. The molecule has 3 rings (SSSR count). The molecule has 0 spiro atoms. The summed E-state index contributed by atoms with van der Waals surface area (Å²) in [5.41, 5.74) is 0.647. The zero-order chi connectivity index (χ0) is 18.0. The number of carboxylic acid groups (broad SMARTS) is 1. The Morgan fingerprint density at radius 3 is 2.80 bits per heavy atom. The molecule has 2 heterocycles. The molecule has 0 aliphatic carbocycles. The fraction of sp³-hybridized carbons (Fsp3) is 0.267. The number of carbonyl (C=O) groups excluding carboxylic acids is 1. The molecule has 1 amide bonds. The molecule has 25 heavy (non-hydrogen) atoms. The van der Waals surface area contributed by atoms with Crippen LogP contribution in [0.15, 0.2) is 23.6 Å². The van der Waals surface area contributed by atoms with E-state index in [-0.39, 0.29) is 12.5 Å². The summed E-state index contributed by atoms with van der Waals surface area (Å²) in [6.07, 6.45) is -3.82. The topological polar surface area (TPSA) is 97.8 Å². The van der Waals surface area contributed by atoms with Gasteiger partial charge in [-0.3, -0.25) is 4.79 Å². The smallest absolute Gasteiger partial charge is 0.326 e. The molecule has 2 N–H and O–H groups in total. The van der Waals surface area contributed by atoms with Crippen molar-refractivity contribution in [3.05, 3.63) is 29.3 Å². The number of aromatic nitrogens is 1. The first-order valence-electron chi connectivity index (χ1n) is 7.11. The van der Waals surface area contributed by atoms with Gasteiger partial charge in [-0.1, -0.05) is 0 Å². The first-order valence-corrected chi connectivity index (χ1v) is 7.99. The van der Waals surface area contributed by atoms with E-state index in [0.29, 0.717) is 22.1 Å². The van der Waals surface area contributed by atoms with Gasteiger partial charge in [-0.25, -0.2) is 18.6 Å². The van der Waals surface area contributed by atoms with Crippen LogP contribution < -0.4 is 14.8 Å². The summed E-state index contributed by atoms with van der Waals surface area (Å²) in [5, 5.41) is 12.9. The molecule has 1 unspecified atom stereocenters. The molecular formula is C15H12F2N2O5S. The van der Waals surface area contributed by atoms with Gasteiger partial charge in [0.15, 0.2) is 11.5 Å². The number of rotatable bonds is 6. The van der Waals surface area contributed by atoms with Crippen LogP contribution in [0.4, 0.5) is 8.78 Å². The Kier molecular flexibility index (Phi) is 4.79. The highest BCUT2D eigenvalue weighted by Crippen LogP contribution is 2.36. The third kappa shape index (κ3) is 3.85. The van der Waals surface area contributed by atoms with Crippen LogP contribution >= 0.6 is 11.3 Å². The second-order valence-corrected chi connectivity index (χ2v) is 5.96. The van der Waals surface area contributed by atoms with E-state index in [0.717, 1.165) is 11.3 Å². The van der Waals surface area contributed by atoms with Crippen molar-refractivity contribution in [2.24, 2.45) is 0 Å². The van der Waals surface area contributed by atoms with E-state index in [1.807, 2.05) is 0 Å². The second kappa shape index (κ2) is 7.01. The van der Waals surface area contributed by atoms with Crippen molar-refractivity contribution in [1.82, 2.24) is 10.3 Å². The van der Waals surface area contributed by atoms with E-state index in [2.05, 4.69) is 10.3 Å². The van der Waals surface area contributed by atoms with Crippen LogP contribution in [0.25, 0.3) is 10.6 Å². The lowest BCUT2D eigenvalue weighted by molar-refractivity contribution is -0.140. The molecule has 10 heteroatoms. The van der Waals surface area contributed by atoms with Crippen LogP contribution in [0, 0.1) is 0 Å². The Labute approximate surface area is 144 Å². The van der Waals surface area contributed by atoms with Gasteiger partial charge in [0.2, 0.25) is 13.2 Å². The zero-order valence-electron chi connectivity index (χ0n) is 12.6. The van der Waals surface area contributed by atoms with E-state index in [1.54, 1.807) is 18.2 Å². The van der Waals surface area contributed by atoms with Crippen molar-refractivity contribution in [3.63, 3.8) is 0 Å². The summed E-state index contributed by atoms with van der Waals surface area (Å²) in [6.45, 7) is 0.130. The summed E-state index contributed by atoms with van der Waals surface area (Å²) in [7, 11) is 0. The third-order valence-corrected chi connectivity index (χ3v) is 4.27. The average Bonchev–Trinajstić information content (AvgIpc) is 3.22. The first kappa shape index (κ1) is 17.1. The van der Waals surface area contributed by atoms with Crippen LogP contribution in [0.5, 0.6) is 11.5 Å². The molecule has 1 atom stereocenters. The van der Waals surface area contributed by atoms with Gasteiger partial charge in [0.25, 0.3) is 5.91 Å². The van der Waals surface area contributed by atoms with E-state index < -0.39 is 30.8 Å². The van der Waals surface area contributed by atoms with Crippen molar-refractivity contribution in [2.75, 3.05) is 6.79 Å². The lowest BCUT2D eigenvalue weighted by Crippen LogP contribution is -2.42. The number of benzene rings is 1. The standard InChI is InChI=1S/C15H12F2N2O5S/c16-12(17)4-8(15(21)22)18-13(20)9-5-25-14(19-9)7-1-2-10-11(3-7)24-6-23-10/h1-3,5,8,12H,4,6H2,(H,18,20)(H,21,22). The molecule has 0 saturated heterocycles. The average molecular weight is 370 g/mol. The van der Waals surface area contributed by atoms with Crippen LogP contribution in [0.1, 0.15) is 16.9 Å². The molecule has 1 aliphatic heterocycles. The predicted octanol–water partition coefficient (Wildman–Crippen LogP) is 2.38. The first-order chi connectivity index (χ1) is 11.9. The van der Waals surface area contributed by atoms with Gasteiger partial charge in [0.05, 0.1) is 0 Å². The number of nitrogens with zero attached hydrogens (tertiary/aromatic N) is 1. The number of nitrogens with one attached hydrogen (secondary N) is 1. The molecular weight excluding hydrogens is 358 g/mol. The molecule has 0 saturated carbocycles. The van der Waals surface area contributed by atoms with E-state index in [9.17, 15) is 18.4 Å². The van der Waals surface area contributed by atoms with E-state index in [4.69, 9.17) is 14.6 Å². The minimum absolute atomic E-state index is 0.0433. The number of ether oxygens (including phenoxy) is 2. The number of hydrogen-bond donors (Lipinski definition) is 2. The Morgan fingerprint density at radius 1 is 1.32 bits per heavy atom. The highest BCUT2D eigenvalue weighted by Gasteiger charge is 2.25.